The molecule has 0 aliphatic carbocycles. The minimum Gasteiger partial charge on any atom is -0.465 e. The first-order valence-corrected chi connectivity index (χ1v) is 14.0. The van der Waals surface area contributed by atoms with Gasteiger partial charge in [0.25, 0.3) is 5.56 Å². The molecule has 15 heteroatoms. The van der Waals surface area contributed by atoms with Crippen LogP contribution in [0.1, 0.15) is 35.6 Å². The molecule has 4 rings (SSSR count). The number of hydrogen-bond donors (Lipinski definition) is 2. The van der Waals surface area contributed by atoms with Crippen LogP contribution in [0.2, 0.25) is 5.02 Å². The third-order valence-electron chi connectivity index (χ3n) is 6.70. The second-order valence-corrected chi connectivity index (χ2v) is 12.0. The third kappa shape index (κ3) is 5.91. The molecule has 0 saturated carbocycles. The Balaban J connectivity index is 1.82. The molecule has 0 unspecified atom stereocenters. The monoisotopic (exact) mass is 597 g/mol. The molecule has 1 saturated heterocycles. The molecule has 0 spiro atoms. The number of fused-ring (bicyclic) bond motifs is 1. The van der Waals surface area contributed by atoms with Gasteiger partial charge >= 0.3 is 12.3 Å². The van der Waals surface area contributed by atoms with Crippen LogP contribution in [-0.2, 0) is 29.1 Å². The van der Waals surface area contributed by atoms with Crippen LogP contribution in [0, 0.1) is 11.3 Å². The highest BCUT2D eigenvalue weighted by atomic mass is 35.5. The van der Waals surface area contributed by atoms with Gasteiger partial charge in [0.05, 0.1) is 45.6 Å². The molecule has 1 fully saturated rings. The number of sulfone groups is 1. The molecule has 10 nitrogen and oxygen atoms in total. The number of carbonyl (C=O) groups is 1. The summed E-state index contributed by atoms with van der Waals surface area (Å²) in [7, 11) is -3.71. The van der Waals surface area contributed by atoms with Gasteiger partial charge in [0.2, 0.25) is 0 Å². The number of hydrogen-bond acceptors (Lipinski definition) is 7. The maximum Gasteiger partial charge on any atom is 0.416 e. The normalized spacial score (nSPS) is 16.2. The summed E-state index contributed by atoms with van der Waals surface area (Å²) >= 11 is 6.05. The minimum absolute atomic E-state index is 0.0725. The lowest BCUT2D eigenvalue weighted by Crippen LogP contribution is -2.36. The maximum atomic E-state index is 14.2. The Hall–Kier alpha value is -3.67. The number of alkyl halides is 3. The number of halogens is 4. The molecule has 2 heterocycles. The van der Waals surface area contributed by atoms with Crippen molar-refractivity contribution in [2.45, 2.75) is 43.5 Å². The standard InChI is InChI=1S/C25H23ClF3N5O5S/c1-2-40(38,39)21-4-3-15(26)7-14(21)10-34-13-31-22-17(23(34)35)8-20(25(27,28)29)19(18(22)9-30)12-33-6-5-16(11-33)32-24(36)37/h3-4,7-8,13,16,32H,2,5-6,10-12H2,1H3,(H,36,37)/t16-/m1/s1. The van der Waals surface area contributed by atoms with Crippen molar-refractivity contribution < 1.29 is 31.5 Å². The van der Waals surface area contributed by atoms with Crippen LogP contribution in [0.25, 0.3) is 10.9 Å². The molecule has 2 N–H and O–H groups in total. The van der Waals surface area contributed by atoms with Gasteiger partial charge in [-0.2, -0.15) is 18.4 Å². The Morgan fingerprint density at radius 3 is 2.65 bits per heavy atom. The number of benzene rings is 2. The average molecular weight is 598 g/mol. The summed E-state index contributed by atoms with van der Waals surface area (Å²) in [6.45, 7) is 1.24. The van der Waals surface area contributed by atoms with Gasteiger partial charge in [-0.3, -0.25) is 14.3 Å². The van der Waals surface area contributed by atoms with Gasteiger partial charge in [0.15, 0.2) is 9.84 Å². The summed E-state index contributed by atoms with van der Waals surface area (Å²) in [4.78, 5) is 30.0. The fraction of sp³-hybridized carbons (Fsp3) is 0.360. The molecule has 2 aromatic carbocycles. The highest BCUT2D eigenvalue weighted by molar-refractivity contribution is 7.91. The smallest absolute Gasteiger partial charge is 0.416 e. The summed E-state index contributed by atoms with van der Waals surface area (Å²) in [6.07, 6.45) is -4.74. The molecule has 3 aromatic rings. The van der Waals surface area contributed by atoms with Crippen LogP contribution < -0.4 is 10.9 Å². The summed E-state index contributed by atoms with van der Waals surface area (Å²) in [5.74, 6) is -0.222. The topological polar surface area (TPSA) is 145 Å². The number of rotatable bonds is 7. The van der Waals surface area contributed by atoms with Gasteiger partial charge in [-0.05, 0) is 41.8 Å². The lowest BCUT2D eigenvalue weighted by molar-refractivity contribution is -0.138. The minimum atomic E-state index is -4.92. The van der Waals surface area contributed by atoms with E-state index >= 15 is 0 Å². The molecule has 1 atom stereocenters. The largest absolute Gasteiger partial charge is 0.465 e. The van der Waals surface area contributed by atoms with E-state index < -0.39 is 50.2 Å². The summed E-state index contributed by atoms with van der Waals surface area (Å²) in [5.41, 5.74) is -2.93. The number of nitrogens with zero attached hydrogens (tertiary/aromatic N) is 4. The lowest BCUT2D eigenvalue weighted by atomic mass is 9.97. The Kier molecular flexibility index (Phi) is 8.11. The van der Waals surface area contributed by atoms with Crippen LogP contribution in [0.4, 0.5) is 18.0 Å². The predicted octanol–water partition coefficient (Wildman–Crippen LogP) is 3.62. The lowest BCUT2D eigenvalue weighted by Gasteiger charge is -2.21. The zero-order valence-corrected chi connectivity index (χ0v) is 22.6. The fourth-order valence-corrected chi connectivity index (χ4v) is 6.10. The molecule has 1 amide bonds. The Labute approximate surface area is 231 Å². The van der Waals surface area contributed by atoms with Gasteiger partial charge in [-0.1, -0.05) is 18.5 Å². The first kappa shape index (κ1) is 29.3. The van der Waals surface area contributed by atoms with Crippen molar-refractivity contribution in [3.05, 3.63) is 68.2 Å². The molecule has 1 aliphatic heterocycles. The van der Waals surface area contributed by atoms with Crippen molar-refractivity contribution >= 4 is 38.4 Å². The number of amides is 1. The van der Waals surface area contributed by atoms with Gasteiger partial charge in [-0.15, -0.1) is 0 Å². The van der Waals surface area contributed by atoms with Crippen LogP contribution in [-0.4, -0.2) is 59.0 Å². The van der Waals surface area contributed by atoms with Crippen molar-refractivity contribution in [3.63, 3.8) is 0 Å². The maximum absolute atomic E-state index is 14.2. The number of carboxylic acid groups (broad SMARTS) is 1. The van der Waals surface area contributed by atoms with Crippen molar-refractivity contribution in [2.75, 3.05) is 18.8 Å². The van der Waals surface area contributed by atoms with Gasteiger partial charge in [-0.25, -0.2) is 18.2 Å². The van der Waals surface area contributed by atoms with E-state index in [0.717, 1.165) is 10.9 Å². The van der Waals surface area contributed by atoms with E-state index in [1.165, 1.54) is 25.1 Å². The zero-order valence-electron chi connectivity index (χ0n) is 21.0. The molecule has 0 bridgehead atoms. The van der Waals surface area contributed by atoms with E-state index in [0.29, 0.717) is 19.0 Å². The van der Waals surface area contributed by atoms with Crippen molar-refractivity contribution in [2.24, 2.45) is 0 Å². The molecular weight excluding hydrogens is 575 g/mol. The SMILES string of the molecule is CCS(=O)(=O)c1ccc(Cl)cc1Cn1cnc2c(C#N)c(CN3CC[C@@H](NC(=O)O)C3)c(C(F)(F)F)cc2c1=O. The molecule has 40 heavy (non-hydrogen) atoms. The van der Waals surface area contributed by atoms with E-state index in [-0.39, 0.29) is 51.9 Å². The predicted molar refractivity (Wildman–Crippen MR) is 139 cm³/mol. The average Bonchev–Trinajstić information content (AvgIpc) is 3.30. The highest BCUT2D eigenvalue weighted by Gasteiger charge is 2.37. The first-order valence-electron chi connectivity index (χ1n) is 12.0. The number of nitriles is 1. The second kappa shape index (κ2) is 11.1. The van der Waals surface area contributed by atoms with E-state index in [9.17, 15) is 36.4 Å². The second-order valence-electron chi connectivity index (χ2n) is 9.29. The van der Waals surface area contributed by atoms with Gasteiger partial charge in [0.1, 0.15) is 6.07 Å². The Morgan fingerprint density at radius 2 is 2.02 bits per heavy atom. The van der Waals surface area contributed by atoms with Crippen LogP contribution in [0.15, 0.2) is 40.3 Å². The van der Waals surface area contributed by atoms with Crippen LogP contribution >= 0.6 is 11.6 Å². The van der Waals surface area contributed by atoms with Gasteiger partial charge in [0, 0.05) is 30.7 Å². The summed E-state index contributed by atoms with van der Waals surface area (Å²) < 4.78 is 68.8. The van der Waals surface area contributed by atoms with E-state index in [1.807, 2.05) is 0 Å². The number of aromatic nitrogens is 2. The first-order chi connectivity index (χ1) is 18.7. The quantitative estimate of drug-likeness (QED) is 0.420. The van der Waals surface area contributed by atoms with E-state index in [2.05, 4.69) is 10.3 Å². The van der Waals surface area contributed by atoms with Crippen molar-refractivity contribution in [1.29, 1.82) is 5.26 Å². The van der Waals surface area contributed by atoms with E-state index in [4.69, 9.17) is 16.7 Å². The Bertz CT molecular complexity index is 1700. The zero-order chi connectivity index (χ0) is 29.4. The van der Waals surface area contributed by atoms with Crippen LogP contribution in [0.5, 0.6) is 0 Å². The molecule has 1 aliphatic rings. The van der Waals surface area contributed by atoms with Gasteiger partial charge < -0.3 is 10.4 Å². The number of likely N-dealkylation sites (tertiary alicyclic amines) is 1. The summed E-state index contributed by atoms with van der Waals surface area (Å²) in [5, 5.41) is 20.8. The molecule has 0 radical (unpaired) electrons. The molecule has 212 valence electrons. The summed E-state index contributed by atoms with van der Waals surface area (Å²) in [6, 6.07) is 5.98. The fourth-order valence-electron chi connectivity index (χ4n) is 4.80. The molecular formula is C25H23ClF3N5O5S. The van der Waals surface area contributed by atoms with Crippen LogP contribution in [0.3, 0.4) is 0 Å². The van der Waals surface area contributed by atoms with E-state index in [1.54, 1.807) is 11.0 Å². The highest BCUT2D eigenvalue weighted by Crippen LogP contribution is 2.37. The van der Waals surface area contributed by atoms with Crippen molar-refractivity contribution in [1.82, 2.24) is 19.8 Å². The van der Waals surface area contributed by atoms with Crippen molar-refractivity contribution in [3.8, 4) is 6.07 Å². The Morgan fingerprint density at radius 1 is 1.30 bits per heavy atom. The number of nitrogens with one attached hydrogen (secondary N) is 1. The molecule has 1 aromatic heterocycles. The third-order valence-corrected chi connectivity index (χ3v) is 8.77.